The minimum atomic E-state index is 0.891. The van der Waals surface area contributed by atoms with Gasteiger partial charge in [0.15, 0.2) is 0 Å². The van der Waals surface area contributed by atoms with Crippen molar-refractivity contribution in [2.45, 2.75) is 39.2 Å². The van der Waals surface area contributed by atoms with E-state index in [1.54, 1.807) is 0 Å². The lowest BCUT2D eigenvalue weighted by atomic mass is 10.0. The first-order valence-corrected chi connectivity index (χ1v) is 7.78. The summed E-state index contributed by atoms with van der Waals surface area (Å²) in [5.74, 6) is 3.05. The van der Waals surface area contributed by atoms with Gasteiger partial charge in [-0.25, -0.2) is 4.98 Å². The summed E-state index contributed by atoms with van der Waals surface area (Å²) in [6.45, 7) is 6.61. The molecule has 1 aliphatic carbocycles. The molecule has 1 saturated carbocycles. The van der Waals surface area contributed by atoms with Crippen LogP contribution in [0.2, 0.25) is 0 Å². The van der Waals surface area contributed by atoms with E-state index in [9.17, 15) is 0 Å². The largest absolute Gasteiger partial charge is 0.356 e. The van der Waals surface area contributed by atoms with Gasteiger partial charge in [-0.15, -0.1) is 0 Å². The third kappa shape index (κ3) is 2.92. The lowest BCUT2D eigenvalue weighted by molar-refractivity contribution is 0.494. The van der Waals surface area contributed by atoms with E-state index in [1.165, 1.54) is 50.3 Å². The van der Waals surface area contributed by atoms with Crippen molar-refractivity contribution in [1.82, 2.24) is 10.3 Å². The molecule has 3 nitrogen and oxygen atoms in total. The Hall–Kier alpha value is -1.09. The average Bonchev–Trinajstić information content (AvgIpc) is 3.00. The second-order valence-corrected chi connectivity index (χ2v) is 6.02. The average molecular weight is 259 g/mol. The molecule has 0 spiro atoms. The van der Waals surface area contributed by atoms with Gasteiger partial charge < -0.3 is 10.2 Å². The van der Waals surface area contributed by atoms with E-state index in [0.29, 0.717) is 0 Å². The van der Waals surface area contributed by atoms with Crippen molar-refractivity contribution in [2.24, 2.45) is 11.8 Å². The van der Waals surface area contributed by atoms with E-state index in [4.69, 9.17) is 4.98 Å². The van der Waals surface area contributed by atoms with Crippen molar-refractivity contribution in [3.8, 4) is 0 Å². The predicted molar refractivity (Wildman–Crippen MR) is 79.3 cm³/mol. The second-order valence-electron chi connectivity index (χ2n) is 6.02. The first kappa shape index (κ1) is 12.9. The Morgan fingerprint density at radius 3 is 2.79 bits per heavy atom. The van der Waals surface area contributed by atoms with Crippen molar-refractivity contribution in [3.63, 3.8) is 0 Å². The topological polar surface area (TPSA) is 28.2 Å². The molecule has 2 fully saturated rings. The normalized spacial score (nSPS) is 25.8. The zero-order valence-electron chi connectivity index (χ0n) is 11.9. The molecule has 0 amide bonds. The highest BCUT2D eigenvalue weighted by atomic mass is 15.2. The van der Waals surface area contributed by atoms with Gasteiger partial charge in [0.25, 0.3) is 0 Å². The number of nitrogens with one attached hydrogen (secondary N) is 1. The first-order chi connectivity index (χ1) is 9.36. The second kappa shape index (κ2) is 5.91. The molecular formula is C16H25N3. The van der Waals surface area contributed by atoms with Gasteiger partial charge in [-0.1, -0.05) is 19.4 Å². The molecule has 2 aliphatic rings. The molecule has 0 radical (unpaired) electrons. The number of fused-ring (bicyclic) bond motifs is 1. The number of nitrogens with zero attached hydrogens (tertiary/aromatic N) is 2. The maximum Gasteiger partial charge on any atom is 0.128 e. The SMILES string of the molecule is CCCNCc1cccc(N2CC3CCCC3C2)n1. The molecule has 2 unspecified atom stereocenters. The number of pyridine rings is 1. The number of anilines is 1. The van der Waals surface area contributed by atoms with Crippen LogP contribution in [-0.2, 0) is 6.54 Å². The Labute approximate surface area is 116 Å². The van der Waals surface area contributed by atoms with Gasteiger partial charge in [0.2, 0.25) is 0 Å². The smallest absolute Gasteiger partial charge is 0.128 e. The lowest BCUT2D eigenvalue weighted by Gasteiger charge is -2.19. The molecule has 2 atom stereocenters. The molecule has 2 heterocycles. The first-order valence-electron chi connectivity index (χ1n) is 7.78. The fraction of sp³-hybridized carbons (Fsp3) is 0.688. The summed E-state index contributed by atoms with van der Waals surface area (Å²) in [7, 11) is 0. The van der Waals surface area contributed by atoms with Crippen molar-refractivity contribution in [2.75, 3.05) is 24.5 Å². The summed E-state index contributed by atoms with van der Waals surface area (Å²) in [6.07, 6.45) is 5.48. The minimum absolute atomic E-state index is 0.891. The fourth-order valence-electron chi connectivity index (χ4n) is 3.56. The summed E-state index contributed by atoms with van der Waals surface area (Å²) in [5.41, 5.74) is 1.17. The Kier molecular flexibility index (Phi) is 4.02. The molecule has 3 heteroatoms. The lowest BCUT2D eigenvalue weighted by Crippen LogP contribution is -2.23. The molecule has 104 valence electrons. The summed E-state index contributed by atoms with van der Waals surface area (Å²) < 4.78 is 0. The molecule has 1 saturated heterocycles. The monoisotopic (exact) mass is 259 g/mol. The summed E-state index contributed by atoms with van der Waals surface area (Å²) in [5, 5.41) is 3.43. The highest BCUT2D eigenvalue weighted by Crippen LogP contribution is 2.39. The molecule has 1 aliphatic heterocycles. The van der Waals surface area contributed by atoms with Crippen molar-refractivity contribution in [1.29, 1.82) is 0 Å². The zero-order valence-corrected chi connectivity index (χ0v) is 11.9. The maximum atomic E-state index is 4.82. The van der Waals surface area contributed by atoms with Gasteiger partial charge in [-0.05, 0) is 49.8 Å². The summed E-state index contributed by atoms with van der Waals surface area (Å²) in [6, 6.07) is 6.45. The highest BCUT2D eigenvalue weighted by Gasteiger charge is 2.36. The van der Waals surface area contributed by atoms with Crippen molar-refractivity contribution >= 4 is 5.82 Å². The van der Waals surface area contributed by atoms with E-state index in [1.807, 2.05) is 0 Å². The molecule has 1 aromatic rings. The Balaban J connectivity index is 1.63. The molecule has 0 bridgehead atoms. The van der Waals surface area contributed by atoms with Crippen LogP contribution in [0.5, 0.6) is 0 Å². The zero-order chi connectivity index (χ0) is 13.1. The van der Waals surface area contributed by atoms with Gasteiger partial charge in [-0.3, -0.25) is 0 Å². The molecule has 1 N–H and O–H groups in total. The number of aromatic nitrogens is 1. The van der Waals surface area contributed by atoms with Gasteiger partial charge in [0, 0.05) is 19.6 Å². The maximum absolute atomic E-state index is 4.82. The molecular weight excluding hydrogens is 234 g/mol. The highest BCUT2D eigenvalue weighted by molar-refractivity contribution is 5.41. The van der Waals surface area contributed by atoms with Crippen molar-refractivity contribution < 1.29 is 0 Å². The van der Waals surface area contributed by atoms with Crippen molar-refractivity contribution in [3.05, 3.63) is 23.9 Å². The van der Waals surface area contributed by atoms with Gasteiger partial charge >= 0.3 is 0 Å². The van der Waals surface area contributed by atoms with E-state index in [2.05, 4.69) is 35.3 Å². The van der Waals surface area contributed by atoms with Crippen LogP contribution in [0, 0.1) is 11.8 Å². The third-order valence-corrected chi connectivity index (χ3v) is 4.58. The number of rotatable bonds is 5. The Bertz CT molecular complexity index is 406. The van der Waals surface area contributed by atoms with Gasteiger partial charge in [-0.2, -0.15) is 0 Å². The predicted octanol–water partition coefficient (Wildman–Crippen LogP) is 2.82. The van der Waals surface area contributed by atoms with Gasteiger partial charge in [0.1, 0.15) is 5.82 Å². The van der Waals surface area contributed by atoms with Crippen LogP contribution in [0.15, 0.2) is 18.2 Å². The van der Waals surface area contributed by atoms with E-state index in [-0.39, 0.29) is 0 Å². The van der Waals surface area contributed by atoms with Gasteiger partial charge in [0.05, 0.1) is 5.69 Å². The molecule has 19 heavy (non-hydrogen) atoms. The molecule has 3 rings (SSSR count). The van der Waals surface area contributed by atoms with E-state index < -0.39 is 0 Å². The van der Waals surface area contributed by atoms with Crippen LogP contribution in [0.4, 0.5) is 5.82 Å². The minimum Gasteiger partial charge on any atom is -0.356 e. The van der Waals surface area contributed by atoms with Crippen LogP contribution in [0.3, 0.4) is 0 Å². The van der Waals surface area contributed by atoms with Crippen LogP contribution >= 0.6 is 0 Å². The molecule has 0 aromatic carbocycles. The number of hydrogen-bond acceptors (Lipinski definition) is 3. The number of hydrogen-bond donors (Lipinski definition) is 1. The summed E-state index contributed by atoms with van der Waals surface area (Å²) >= 11 is 0. The standard InChI is InChI=1S/C16H25N3/c1-2-9-17-10-15-7-4-8-16(18-15)19-11-13-5-3-6-14(13)12-19/h4,7-8,13-14,17H,2-3,5-6,9-12H2,1H3. The molecule has 1 aromatic heterocycles. The Morgan fingerprint density at radius 2 is 2.05 bits per heavy atom. The van der Waals surface area contributed by atoms with E-state index >= 15 is 0 Å². The van der Waals surface area contributed by atoms with Crippen LogP contribution in [0.25, 0.3) is 0 Å². The van der Waals surface area contributed by atoms with Crippen LogP contribution < -0.4 is 10.2 Å². The quantitative estimate of drug-likeness (QED) is 0.824. The third-order valence-electron chi connectivity index (χ3n) is 4.58. The Morgan fingerprint density at radius 1 is 1.26 bits per heavy atom. The fourth-order valence-corrected chi connectivity index (χ4v) is 3.56. The van der Waals surface area contributed by atoms with E-state index in [0.717, 1.165) is 24.9 Å². The van der Waals surface area contributed by atoms with Crippen LogP contribution in [0.1, 0.15) is 38.3 Å². The van der Waals surface area contributed by atoms with Crippen LogP contribution in [-0.4, -0.2) is 24.6 Å². The summed E-state index contributed by atoms with van der Waals surface area (Å²) in [4.78, 5) is 7.32.